The number of alkyl halides is 9. The van der Waals surface area contributed by atoms with E-state index in [0.29, 0.717) is 12.1 Å². The minimum atomic E-state index is -5.62. The normalized spacial score (nSPS) is 13.3. The van der Waals surface area contributed by atoms with Gasteiger partial charge in [0.15, 0.2) is 0 Å². The molecule has 0 heterocycles. The van der Waals surface area contributed by atoms with Crippen LogP contribution >= 0.6 is 0 Å². The maximum atomic E-state index is 14.0. The molecule has 2 aliphatic rings. The van der Waals surface area contributed by atoms with Crippen molar-refractivity contribution in [2.24, 2.45) is 0 Å². The van der Waals surface area contributed by atoms with E-state index in [1.807, 2.05) is 0 Å². The average Bonchev–Trinajstić information content (AvgIpc) is 3.62. The predicted molar refractivity (Wildman–Crippen MR) is 165 cm³/mol. The molecule has 0 atom stereocenters. The highest BCUT2D eigenvalue weighted by Gasteiger charge is 2.45. The van der Waals surface area contributed by atoms with Gasteiger partial charge in [0, 0.05) is 39.0 Å². The lowest BCUT2D eigenvalue weighted by Crippen LogP contribution is -2.16. The lowest BCUT2D eigenvalue weighted by atomic mass is 9.85. The van der Waals surface area contributed by atoms with Crippen molar-refractivity contribution in [1.29, 1.82) is 42.1 Å². The summed E-state index contributed by atoms with van der Waals surface area (Å²) in [5, 5.41) is 80.3. The molecule has 0 aromatic heterocycles. The van der Waals surface area contributed by atoms with Gasteiger partial charge in [-0.1, -0.05) is 12.1 Å². The Morgan fingerprint density at radius 3 is 1.39 bits per heavy atom. The van der Waals surface area contributed by atoms with Crippen molar-refractivity contribution >= 4 is 33.4 Å². The minimum absolute atomic E-state index is 0.0319. The Hall–Kier alpha value is -8.09. The molecule has 8 nitrogen and oxygen atoms in total. The van der Waals surface area contributed by atoms with Gasteiger partial charge < -0.3 is 0 Å². The molecule has 54 heavy (non-hydrogen) atoms. The summed E-state index contributed by atoms with van der Waals surface area (Å²) < 4.78 is 125. The summed E-state index contributed by atoms with van der Waals surface area (Å²) in [5.74, 6) is 0. The molecule has 0 saturated heterocycles. The number of nitrogens with zero attached hydrogens (tertiary/aromatic N) is 8. The van der Waals surface area contributed by atoms with Gasteiger partial charge >= 0.3 is 18.5 Å². The molecule has 0 amide bonds. The number of hydrogen-bond donors (Lipinski definition) is 0. The molecule has 17 heteroatoms. The Balaban J connectivity index is 2.00. The molecule has 0 saturated carbocycles. The van der Waals surface area contributed by atoms with Gasteiger partial charge in [-0.2, -0.15) is 81.6 Å². The van der Waals surface area contributed by atoms with Crippen LogP contribution in [0.4, 0.5) is 39.5 Å². The summed E-state index contributed by atoms with van der Waals surface area (Å²) in [6.07, 6.45) is -16.3. The van der Waals surface area contributed by atoms with Gasteiger partial charge in [0.25, 0.3) is 0 Å². The quantitative estimate of drug-likeness (QED) is 0.184. The second kappa shape index (κ2) is 12.9. The third-order valence-corrected chi connectivity index (χ3v) is 8.30. The van der Waals surface area contributed by atoms with E-state index >= 15 is 0 Å². The largest absolute Gasteiger partial charge is 0.417 e. The summed E-state index contributed by atoms with van der Waals surface area (Å²) >= 11 is 0. The van der Waals surface area contributed by atoms with Crippen molar-refractivity contribution in [1.82, 2.24) is 0 Å². The van der Waals surface area contributed by atoms with Crippen molar-refractivity contribution in [3.05, 3.63) is 115 Å². The van der Waals surface area contributed by atoms with E-state index in [1.165, 1.54) is 30.3 Å². The van der Waals surface area contributed by atoms with Gasteiger partial charge in [-0.05, 0) is 47.0 Å². The summed E-state index contributed by atoms with van der Waals surface area (Å²) in [5.41, 5.74) is -16.0. The molecule has 0 aliphatic heterocycles. The van der Waals surface area contributed by atoms with Crippen LogP contribution in [0.15, 0.2) is 53.6 Å². The van der Waals surface area contributed by atoms with E-state index < -0.39 is 124 Å². The van der Waals surface area contributed by atoms with Crippen LogP contribution in [-0.4, -0.2) is 0 Å². The Morgan fingerprint density at radius 2 is 0.926 bits per heavy atom. The fraction of sp³-hybridized carbons (Fsp3) is 0.0811. The van der Waals surface area contributed by atoms with E-state index in [9.17, 15) is 81.6 Å². The van der Waals surface area contributed by atoms with Gasteiger partial charge in [0.1, 0.15) is 53.6 Å². The van der Waals surface area contributed by atoms with E-state index in [-0.39, 0.29) is 12.1 Å². The molecular formula is C37H7F9N8. The van der Waals surface area contributed by atoms with E-state index in [0.717, 1.165) is 18.2 Å². The van der Waals surface area contributed by atoms with Crippen LogP contribution in [0.2, 0.25) is 0 Å². The molecule has 3 aromatic rings. The first-order valence-electron chi connectivity index (χ1n) is 14.3. The summed E-state index contributed by atoms with van der Waals surface area (Å²) in [4.78, 5) is 0. The van der Waals surface area contributed by atoms with Crippen molar-refractivity contribution in [3.8, 4) is 48.6 Å². The van der Waals surface area contributed by atoms with E-state index in [4.69, 9.17) is 0 Å². The van der Waals surface area contributed by atoms with Gasteiger partial charge in [-0.3, -0.25) is 0 Å². The zero-order valence-electron chi connectivity index (χ0n) is 26.0. The van der Waals surface area contributed by atoms with Gasteiger partial charge in [-0.25, -0.2) is 0 Å². The fourth-order valence-electron chi connectivity index (χ4n) is 6.28. The van der Waals surface area contributed by atoms with E-state index in [1.54, 1.807) is 18.2 Å². The second-order valence-electron chi connectivity index (χ2n) is 11.0. The molecule has 2 aliphatic carbocycles. The Morgan fingerprint density at radius 1 is 0.444 bits per heavy atom. The zero-order valence-corrected chi connectivity index (χ0v) is 26.0. The monoisotopic (exact) mass is 734 g/mol. The van der Waals surface area contributed by atoms with Crippen LogP contribution in [-0.2, 0) is 18.5 Å². The van der Waals surface area contributed by atoms with Crippen LogP contribution < -0.4 is 0 Å². The van der Waals surface area contributed by atoms with Gasteiger partial charge in [0.2, 0.25) is 0 Å². The lowest BCUT2D eigenvalue weighted by Gasteiger charge is -2.18. The Labute approximate surface area is 296 Å². The molecule has 0 radical (unpaired) electrons. The number of rotatable bonds is 2. The number of nitriles is 8. The molecule has 0 fully saturated rings. The SMILES string of the molecule is N#CC(C#N)=C1C(c2ccc(C(F)(F)F)c(C(F)(F)F)c2)=C(C#N)c2c1cc1c(c2C#N)C(=C(C#N)C#N)C(c2ccc(C#N)c(C(F)(F)F)c2)=C1C#N. The first kappa shape index (κ1) is 37.2. The second-order valence-corrected chi connectivity index (χ2v) is 11.0. The Kier molecular flexibility index (Phi) is 8.88. The lowest BCUT2D eigenvalue weighted by molar-refractivity contribution is -0.162. The molecule has 0 spiro atoms. The fourth-order valence-corrected chi connectivity index (χ4v) is 6.28. The highest BCUT2D eigenvalue weighted by Crippen LogP contribution is 2.57. The van der Waals surface area contributed by atoms with Crippen molar-refractivity contribution in [3.63, 3.8) is 0 Å². The standard InChI is InChI=1S/C37H7F9N8/c38-35(39,40)26-4-3-17(6-28(26)37(44,45)46)30-24(14-53)33-22(31(30)19(9-48)10-49)7-21-23(13-52)29(32(20(11-50)12-51)34(21)25(33)15-54)16-1-2-18(8-47)27(5-16)36(41,42)43/h1-7H. The van der Waals surface area contributed by atoms with Crippen LogP contribution in [0, 0.1) is 90.6 Å². The predicted octanol–water partition coefficient (Wildman–Crippen LogP) is 8.98. The third-order valence-electron chi connectivity index (χ3n) is 8.30. The number of benzene rings is 3. The van der Waals surface area contributed by atoms with Crippen molar-refractivity contribution in [2.45, 2.75) is 18.5 Å². The summed E-state index contributed by atoms with van der Waals surface area (Å²) in [6.45, 7) is 0. The average molecular weight is 735 g/mol. The van der Waals surface area contributed by atoms with Crippen LogP contribution in [0.5, 0.6) is 0 Å². The third kappa shape index (κ3) is 5.62. The zero-order chi connectivity index (χ0) is 40.1. The van der Waals surface area contributed by atoms with Gasteiger partial charge in [0.05, 0.1) is 45.0 Å². The molecule has 3 aromatic carbocycles. The van der Waals surface area contributed by atoms with Gasteiger partial charge in [-0.15, -0.1) is 0 Å². The van der Waals surface area contributed by atoms with Crippen LogP contribution in [0.1, 0.15) is 61.2 Å². The number of halogens is 9. The number of hydrogen-bond acceptors (Lipinski definition) is 8. The topological polar surface area (TPSA) is 190 Å². The molecule has 0 N–H and O–H groups in total. The van der Waals surface area contributed by atoms with Crippen molar-refractivity contribution in [2.75, 3.05) is 0 Å². The highest BCUT2D eigenvalue weighted by atomic mass is 19.4. The number of allylic oxidation sites excluding steroid dienone is 8. The number of fused-ring (bicyclic) bond motifs is 2. The Bertz CT molecular complexity index is 2720. The maximum absolute atomic E-state index is 14.0. The maximum Gasteiger partial charge on any atom is 0.417 e. The minimum Gasteiger partial charge on any atom is -0.192 e. The summed E-state index contributed by atoms with van der Waals surface area (Å²) in [6, 6.07) is 16.3. The van der Waals surface area contributed by atoms with Crippen LogP contribution in [0.25, 0.3) is 33.4 Å². The first-order valence-corrected chi connectivity index (χ1v) is 14.3. The molecule has 258 valence electrons. The molecule has 0 unspecified atom stereocenters. The molecule has 5 rings (SSSR count). The first-order chi connectivity index (χ1) is 25.4. The van der Waals surface area contributed by atoms with Crippen LogP contribution in [0.3, 0.4) is 0 Å². The molecule has 0 bridgehead atoms. The van der Waals surface area contributed by atoms with Crippen molar-refractivity contribution < 1.29 is 39.5 Å². The summed E-state index contributed by atoms with van der Waals surface area (Å²) in [7, 11) is 0. The molecular weight excluding hydrogens is 727 g/mol. The smallest absolute Gasteiger partial charge is 0.192 e. The van der Waals surface area contributed by atoms with E-state index in [2.05, 4.69) is 0 Å². The highest BCUT2D eigenvalue weighted by molar-refractivity contribution is 6.31.